The number of ether oxygens (including phenoxy) is 4. The number of hydrogen-bond acceptors (Lipinski definition) is 15. The fourth-order valence-corrected chi connectivity index (χ4v) is 12.0. The molecule has 0 heterocycles. The van der Waals surface area contributed by atoms with E-state index in [9.17, 15) is 43.2 Å². The van der Waals surface area contributed by atoms with Gasteiger partial charge in [-0.2, -0.15) is 0 Å². The van der Waals surface area contributed by atoms with Crippen molar-refractivity contribution in [3.63, 3.8) is 0 Å². The van der Waals surface area contributed by atoms with Gasteiger partial charge in [0, 0.05) is 25.7 Å². The first-order chi connectivity index (χ1) is 42.6. The molecule has 19 heteroatoms. The molecule has 528 valence electrons. The molecule has 17 nitrogen and oxygen atoms in total. The van der Waals surface area contributed by atoms with E-state index in [4.69, 9.17) is 37.0 Å². The van der Waals surface area contributed by atoms with Crippen LogP contribution in [0.4, 0.5) is 0 Å². The zero-order chi connectivity index (χ0) is 66.1. The van der Waals surface area contributed by atoms with E-state index in [1.165, 1.54) is 141 Å². The van der Waals surface area contributed by atoms with Crippen LogP contribution in [0.25, 0.3) is 0 Å². The monoisotopic (exact) mass is 1310 g/mol. The van der Waals surface area contributed by atoms with Crippen LogP contribution in [0.2, 0.25) is 0 Å². The number of rotatable bonds is 67. The summed E-state index contributed by atoms with van der Waals surface area (Å²) in [6, 6.07) is 0. The summed E-state index contributed by atoms with van der Waals surface area (Å²) in [4.78, 5) is 72.5. The first-order valence-electron chi connectivity index (χ1n) is 36.2. The van der Waals surface area contributed by atoms with Crippen LogP contribution in [0.15, 0.2) is 0 Å². The largest absolute Gasteiger partial charge is 0.472 e. The summed E-state index contributed by atoms with van der Waals surface area (Å²) < 4.78 is 68.3. The smallest absolute Gasteiger partial charge is 0.462 e. The standard InChI is InChI=1S/C70H136O17P2/c1-9-63(8)49-41-33-25-16-13-14-18-27-36-44-52-69(74)86-65(56-80-67(72)50-42-34-26-17-12-10-11-15-22-30-38-46-60(2)3)58-84-88(76,77)82-54-64(71)55-83-89(78,79)85-59-66(57-81-68(73)51-43-35-29-21-24-32-40-48-62(6)7)87-70(75)53-45-37-28-20-19-23-31-39-47-61(4)5/h60-66,71H,9-59H2,1-8H3,(H,76,77)(H,78,79)/t63?,64?,65-,66-/m1/s1. The van der Waals surface area contributed by atoms with E-state index in [2.05, 4.69) is 55.4 Å². The second-order valence-corrected chi connectivity index (χ2v) is 29.8. The van der Waals surface area contributed by atoms with Crippen molar-refractivity contribution in [2.45, 2.75) is 363 Å². The van der Waals surface area contributed by atoms with Crippen LogP contribution < -0.4 is 0 Å². The molecular weight excluding hydrogens is 1170 g/mol. The van der Waals surface area contributed by atoms with Gasteiger partial charge in [0.2, 0.25) is 0 Å². The van der Waals surface area contributed by atoms with Crippen LogP contribution in [-0.2, 0) is 65.4 Å². The van der Waals surface area contributed by atoms with Crippen LogP contribution >= 0.6 is 15.6 Å². The van der Waals surface area contributed by atoms with E-state index in [0.29, 0.717) is 31.6 Å². The van der Waals surface area contributed by atoms with Gasteiger partial charge in [0.15, 0.2) is 12.2 Å². The van der Waals surface area contributed by atoms with Gasteiger partial charge < -0.3 is 33.8 Å². The molecule has 3 N–H and O–H groups in total. The molecule has 89 heavy (non-hydrogen) atoms. The molecule has 4 unspecified atom stereocenters. The molecule has 6 atom stereocenters. The number of aliphatic hydroxyl groups excluding tert-OH is 1. The Labute approximate surface area is 543 Å². The first kappa shape index (κ1) is 87.1. The number of carbonyl (C=O) groups excluding carboxylic acids is 4. The molecular formula is C70H136O17P2. The van der Waals surface area contributed by atoms with Gasteiger partial charge in [-0.1, -0.05) is 293 Å². The topological polar surface area (TPSA) is 237 Å². The summed E-state index contributed by atoms with van der Waals surface area (Å²) in [5.74, 6) is 0.866. The predicted molar refractivity (Wildman–Crippen MR) is 358 cm³/mol. The van der Waals surface area contributed by atoms with Gasteiger partial charge in [-0.25, -0.2) is 9.13 Å². The average Bonchev–Trinajstić information content (AvgIpc) is 3.50. The molecule has 0 aromatic heterocycles. The van der Waals surface area contributed by atoms with Crippen molar-refractivity contribution in [3.8, 4) is 0 Å². The Morgan fingerprint density at radius 1 is 0.315 bits per heavy atom. The van der Waals surface area contributed by atoms with E-state index >= 15 is 0 Å². The lowest BCUT2D eigenvalue weighted by atomic mass is 9.99. The Morgan fingerprint density at radius 2 is 0.539 bits per heavy atom. The van der Waals surface area contributed by atoms with E-state index in [1.54, 1.807) is 0 Å². The molecule has 0 aromatic carbocycles. The average molecular weight is 1310 g/mol. The third-order valence-electron chi connectivity index (χ3n) is 16.4. The van der Waals surface area contributed by atoms with Crippen LogP contribution in [0.5, 0.6) is 0 Å². The fourth-order valence-electron chi connectivity index (χ4n) is 10.5. The van der Waals surface area contributed by atoms with E-state index in [0.717, 1.165) is 114 Å². The minimum absolute atomic E-state index is 0.103. The molecule has 0 aliphatic carbocycles. The number of carbonyl (C=O) groups is 4. The number of phosphoric ester groups is 2. The van der Waals surface area contributed by atoms with E-state index < -0.39 is 97.5 Å². The van der Waals surface area contributed by atoms with Gasteiger partial charge in [-0.05, 0) is 49.4 Å². The van der Waals surface area contributed by atoms with Crippen molar-refractivity contribution in [1.29, 1.82) is 0 Å². The number of unbranched alkanes of at least 4 members (excludes halogenated alkanes) is 32. The van der Waals surface area contributed by atoms with Crippen molar-refractivity contribution in [1.82, 2.24) is 0 Å². The Morgan fingerprint density at radius 3 is 0.798 bits per heavy atom. The van der Waals surface area contributed by atoms with Crippen LogP contribution in [0.1, 0.15) is 344 Å². The number of esters is 4. The third kappa shape index (κ3) is 63.2. The van der Waals surface area contributed by atoms with Crippen molar-refractivity contribution >= 4 is 39.5 Å². The highest BCUT2D eigenvalue weighted by Gasteiger charge is 2.30. The van der Waals surface area contributed by atoms with Gasteiger partial charge in [-0.15, -0.1) is 0 Å². The third-order valence-corrected chi connectivity index (χ3v) is 18.3. The maximum Gasteiger partial charge on any atom is 0.472 e. The molecule has 0 fully saturated rings. The van der Waals surface area contributed by atoms with Gasteiger partial charge >= 0.3 is 39.5 Å². The molecule has 0 radical (unpaired) electrons. The summed E-state index contributed by atoms with van der Waals surface area (Å²) in [7, 11) is -9.90. The lowest BCUT2D eigenvalue weighted by Crippen LogP contribution is -2.30. The van der Waals surface area contributed by atoms with Crippen molar-refractivity contribution < 1.29 is 80.2 Å². The maximum atomic E-state index is 13.0. The normalized spacial score (nSPS) is 14.6. The van der Waals surface area contributed by atoms with Crippen molar-refractivity contribution in [2.24, 2.45) is 23.7 Å². The highest BCUT2D eigenvalue weighted by atomic mass is 31.2. The zero-order valence-corrected chi connectivity index (χ0v) is 59.8. The minimum Gasteiger partial charge on any atom is -0.462 e. The van der Waals surface area contributed by atoms with Crippen LogP contribution in [0.3, 0.4) is 0 Å². The van der Waals surface area contributed by atoms with E-state index in [1.807, 2.05) is 0 Å². The fraction of sp³-hybridized carbons (Fsp3) is 0.943. The minimum atomic E-state index is -4.95. The Kier molecular flexibility index (Phi) is 58.5. The highest BCUT2D eigenvalue weighted by Crippen LogP contribution is 2.45. The second-order valence-electron chi connectivity index (χ2n) is 26.9. The lowest BCUT2D eigenvalue weighted by Gasteiger charge is -2.21. The summed E-state index contributed by atoms with van der Waals surface area (Å²) in [5, 5.41) is 10.6. The molecule has 0 saturated heterocycles. The molecule has 0 aliphatic heterocycles. The molecule has 0 spiro atoms. The molecule has 0 amide bonds. The molecule has 0 aliphatic rings. The maximum absolute atomic E-state index is 13.0. The molecule has 0 rings (SSSR count). The van der Waals surface area contributed by atoms with E-state index in [-0.39, 0.29) is 25.7 Å². The lowest BCUT2D eigenvalue weighted by molar-refractivity contribution is -0.161. The van der Waals surface area contributed by atoms with Gasteiger partial charge in [0.1, 0.15) is 19.3 Å². The molecule has 0 saturated carbocycles. The summed E-state index contributed by atoms with van der Waals surface area (Å²) in [6.45, 7) is 14.1. The first-order valence-corrected chi connectivity index (χ1v) is 39.2. The van der Waals surface area contributed by atoms with Crippen molar-refractivity contribution in [3.05, 3.63) is 0 Å². The Balaban J connectivity index is 5.26. The highest BCUT2D eigenvalue weighted by molar-refractivity contribution is 7.47. The quantitative estimate of drug-likeness (QED) is 0.0222. The van der Waals surface area contributed by atoms with Gasteiger partial charge in [0.25, 0.3) is 0 Å². The Hall–Kier alpha value is -1.94. The second kappa shape index (κ2) is 59.8. The SMILES string of the molecule is CCC(C)CCCCCCCCCCCCC(=O)O[C@H](COC(=O)CCCCCCCCCCCCCC(C)C)COP(=O)(O)OCC(O)COP(=O)(O)OC[C@@H](COC(=O)CCCCCCCCCC(C)C)OC(=O)CCCCCCCCCCC(C)C. The van der Waals surface area contributed by atoms with Gasteiger partial charge in [0.05, 0.1) is 26.4 Å². The number of phosphoric acid groups is 2. The molecule has 0 aromatic rings. The predicted octanol–water partition coefficient (Wildman–Crippen LogP) is 19.7. The zero-order valence-electron chi connectivity index (χ0n) is 58.1. The summed E-state index contributed by atoms with van der Waals surface area (Å²) in [5.41, 5.74) is 0. The summed E-state index contributed by atoms with van der Waals surface area (Å²) >= 11 is 0. The summed E-state index contributed by atoms with van der Waals surface area (Å²) in [6.07, 6.45) is 41.7. The van der Waals surface area contributed by atoms with Crippen LogP contribution in [-0.4, -0.2) is 96.7 Å². The number of aliphatic hydroxyl groups is 1. The van der Waals surface area contributed by atoms with Crippen molar-refractivity contribution in [2.75, 3.05) is 39.6 Å². The number of hydrogen-bond donors (Lipinski definition) is 3. The molecule has 0 bridgehead atoms. The Bertz CT molecular complexity index is 1770. The van der Waals surface area contributed by atoms with Gasteiger partial charge in [-0.3, -0.25) is 37.3 Å². The van der Waals surface area contributed by atoms with Crippen LogP contribution in [0, 0.1) is 23.7 Å².